The molecule has 4 rings (SSSR count). The molecule has 2 atom stereocenters. The smallest absolute Gasteiger partial charge is 0.327 e. The van der Waals surface area contributed by atoms with Crippen molar-refractivity contribution < 1.29 is 19.4 Å². The molecule has 2 fully saturated rings. The number of hydrogen-bond acceptors (Lipinski definition) is 4. The summed E-state index contributed by atoms with van der Waals surface area (Å²) < 4.78 is 5.86. The lowest BCUT2D eigenvalue weighted by Gasteiger charge is -2.28. The lowest BCUT2D eigenvalue weighted by atomic mass is 10.0. The van der Waals surface area contributed by atoms with Crippen molar-refractivity contribution in [2.24, 2.45) is 5.92 Å². The highest BCUT2D eigenvalue weighted by Gasteiger charge is 2.42. The number of nitrogens with zero attached hydrogens (tertiary/aromatic N) is 1. The molecular formula is C25H29NO4S. The maximum atomic E-state index is 13.1. The van der Waals surface area contributed by atoms with Crippen LogP contribution in [0, 0.1) is 5.92 Å². The number of amides is 1. The molecule has 1 aliphatic heterocycles. The second-order valence-corrected chi connectivity index (χ2v) is 9.49. The highest BCUT2D eigenvalue weighted by Crippen LogP contribution is 2.42. The molecule has 1 saturated carbocycles. The van der Waals surface area contributed by atoms with Crippen molar-refractivity contribution in [2.45, 2.75) is 56.5 Å². The van der Waals surface area contributed by atoms with Crippen LogP contribution in [-0.2, 0) is 16.2 Å². The number of carboxylic acid groups (broad SMARTS) is 1. The third kappa shape index (κ3) is 5.42. The van der Waals surface area contributed by atoms with Gasteiger partial charge in [-0.2, -0.15) is 0 Å². The second-order valence-electron chi connectivity index (χ2n) is 8.37. The standard InChI is InChI=1S/C25H29NO4S/c27-23(15-10-18-6-4-5-7-18)26-22(25(28)29)17-31-24(26)20-11-13-21(14-12-20)30-16-19-8-2-1-3-9-19/h1-3,8-9,11-14,18,22,24H,4-7,10,15-17H2,(H,28,29). The first-order valence-electron chi connectivity index (χ1n) is 11.0. The average Bonchev–Trinajstić information content (AvgIpc) is 3.47. The van der Waals surface area contributed by atoms with Gasteiger partial charge >= 0.3 is 5.97 Å². The van der Waals surface area contributed by atoms with Gasteiger partial charge in [0.1, 0.15) is 23.8 Å². The number of rotatable bonds is 8. The molecule has 6 heteroatoms. The van der Waals surface area contributed by atoms with Gasteiger partial charge in [-0.3, -0.25) is 4.79 Å². The fraction of sp³-hybridized carbons (Fsp3) is 0.440. The van der Waals surface area contributed by atoms with Crippen molar-refractivity contribution in [3.05, 3.63) is 65.7 Å². The second kappa shape index (κ2) is 10.2. The Morgan fingerprint density at radius 2 is 1.74 bits per heavy atom. The third-order valence-corrected chi connectivity index (χ3v) is 7.55. The number of carboxylic acids is 1. The first-order valence-corrected chi connectivity index (χ1v) is 12.1. The maximum Gasteiger partial charge on any atom is 0.327 e. The minimum Gasteiger partial charge on any atom is -0.489 e. The number of thioether (sulfide) groups is 1. The summed E-state index contributed by atoms with van der Waals surface area (Å²) in [6.45, 7) is 0.491. The van der Waals surface area contributed by atoms with Gasteiger partial charge in [0.25, 0.3) is 0 Å². The third-order valence-electron chi connectivity index (χ3n) is 6.23. The van der Waals surface area contributed by atoms with Gasteiger partial charge in [-0.25, -0.2) is 4.79 Å². The predicted molar refractivity (Wildman–Crippen MR) is 122 cm³/mol. The van der Waals surface area contributed by atoms with Crippen LogP contribution >= 0.6 is 11.8 Å². The number of hydrogen-bond donors (Lipinski definition) is 1. The molecule has 1 amide bonds. The molecule has 0 spiro atoms. The topological polar surface area (TPSA) is 66.8 Å². The Labute approximate surface area is 187 Å². The Hall–Kier alpha value is -2.47. The van der Waals surface area contributed by atoms with Crippen LogP contribution in [0.3, 0.4) is 0 Å². The number of ether oxygens (including phenoxy) is 1. The number of benzene rings is 2. The Morgan fingerprint density at radius 1 is 1.03 bits per heavy atom. The normalized spacial score (nSPS) is 21.4. The van der Waals surface area contributed by atoms with Crippen LogP contribution in [0.4, 0.5) is 0 Å². The van der Waals surface area contributed by atoms with Gasteiger partial charge in [-0.15, -0.1) is 11.8 Å². The van der Waals surface area contributed by atoms with E-state index in [4.69, 9.17) is 4.74 Å². The van der Waals surface area contributed by atoms with E-state index in [2.05, 4.69) is 0 Å². The lowest BCUT2D eigenvalue weighted by Crippen LogP contribution is -2.43. The van der Waals surface area contributed by atoms with Crippen LogP contribution in [0.25, 0.3) is 0 Å². The lowest BCUT2D eigenvalue weighted by molar-refractivity contribution is -0.149. The monoisotopic (exact) mass is 439 g/mol. The summed E-state index contributed by atoms with van der Waals surface area (Å²) in [7, 11) is 0. The summed E-state index contributed by atoms with van der Waals surface area (Å²) in [5, 5.41) is 9.41. The highest BCUT2D eigenvalue weighted by molar-refractivity contribution is 7.99. The van der Waals surface area contributed by atoms with Crippen LogP contribution in [0.2, 0.25) is 0 Å². The molecule has 5 nitrogen and oxygen atoms in total. The number of carbonyl (C=O) groups excluding carboxylic acids is 1. The first-order chi connectivity index (χ1) is 15.1. The van der Waals surface area contributed by atoms with E-state index < -0.39 is 12.0 Å². The molecule has 1 saturated heterocycles. The first kappa shape index (κ1) is 21.8. The van der Waals surface area contributed by atoms with E-state index in [9.17, 15) is 14.7 Å². The molecule has 1 aliphatic carbocycles. The minimum atomic E-state index is -0.924. The molecule has 0 bridgehead atoms. The fourth-order valence-corrected chi connectivity index (χ4v) is 5.93. The molecular weight excluding hydrogens is 410 g/mol. The SMILES string of the molecule is O=C(O)C1CSC(c2ccc(OCc3ccccc3)cc2)N1C(=O)CCC1CCCC1. The van der Waals surface area contributed by atoms with Crippen molar-refractivity contribution in [2.75, 3.05) is 5.75 Å². The van der Waals surface area contributed by atoms with Crippen LogP contribution in [0.5, 0.6) is 5.75 Å². The maximum absolute atomic E-state index is 13.1. The molecule has 0 aromatic heterocycles. The molecule has 2 aliphatic rings. The molecule has 31 heavy (non-hydrogen) atoms. The quantitative estimate of drug-likeness (QED) is 0.607. The summed E-state index contributed by atoms with van der Waals surface area (Å²) in [6.07, 6.45) is 6.18. The average molecular weight is 440 g/mol. The molecule has 2 aromatic rings. The Bertz CT molecular complexity index is 880. The highest BCUT2D eigenvalue weighted by atomic mass is 32.2. The van der Waals surface area contributed by atoms with Gasteiger partial charge < -0.3 is 14.7 Å². The van der Waals surface area contributed by atoms with Crippen molar-refractivity contribution in [1.29, 1.82) is 0 Å². The predicted octanol–water partition coefficient (Wildman–Crippen LogP) is 5.26. The van der Waals surface area contributed by atoms with E-state index in [1.807, 2.05) is 54.6 Å². The largest absolute Gasteiger partial charge is 0.489 e. The number of aliphatic carboxylic acids is 1. The van der Waals surface area contributed by atoms with Crippen LogP contribution in [0.1, 0.15) is 55.0 Å². The van der Waals surface area contributed by atoms with Crippen molar-refractivity contribution in [3.63, 3.8) is 0 Å². The van der Waals surface area contributed by atoms with Gasteiger partial charge in [0.15, 0.2) is 0 Å². The summed E-state index contributed by atoms with van der Waals surface area (Å²) >= 11 is 1.53. The Morgan fingerprint density at radius 3 is 2.42 bits per heavy atom. The molecule has 2 unspecified atom stereocenters. The molecule has 164 valence electrons. The zero-order valence-electron chi connectivity index (χ0n) is 17.6. The van der Waals surface area contributed by atoms with Gasteiger partial charge in [0, 0.05) is 12.2 Å². The Kier molecular flexibility index (Phi) is 7.17. The molecule has 0 radical (unpaired) electrons. The van der Waals surface area contributed by atoms with Gasteiger partial charge in [0.2, 0.25) is 5.91 Å². The van der Waals surface area contributed by atoms with E-state index in [-0.39, 0.29) is 11.3 Å². The summed E-state index contributed by atoms with van der Waals surface area (Å²) in [4.78, 5) is 26.5. The van der Waals surface area contributed by atoms with E-state index in [1.165, 1.54) is 37.4 Å². The fourth-order valence-electron chi connectivity index (χ4n) is 4.48. The summed E-state index contributed by atoms with van der Waals surface area (Å²) in [5.41, 5.74) is 2.04. The van der Waals surface area contributed by atoms with E-state index in [1.54, 1.807) is 4.90 Å². The van der Waals surface area contributed by atoms with Gasteiger partial charge in [-0.1, -0.05) is 68.1 Å². The van der Waals surface area contributed by atoms with Crippen molar-refractivity contribution >= 4 is 23.6 Å². The van der Waals surface area contributed by atoms with Crippen molar-refractivity contribution in [3.8, 4) is 5.75 Å². The van der Waals surface area contributed by atoms with Crippen LogP contribution < -0.4 is 4.74 Å². The van der Waals surface area contributed by atoms with E-state index >= 15 is 0 Å². The van der Waals surface area contributed by atoms with Gasteiger partial charge in [0.05, 0.1) is 0 Å². The molecule has 2 aromatic carbocycles. The zero-order chi connectivity index (χ0) is 21.6. The van der Waals surface area contributed by atoms with Crippen molar-refractivity contribution in [1.82, 2.24) is 4.90 Å². The molecule has 1 N–H and O–H groups in total. The van der Waals surface area contributed by atoms with E-state index in [0.717, 1.165) is 23.3 Å². The Balaban J connectivity index is 1.41. The minimum absolute atomic E-state index is 0.0429. The van der Waals surface area contributed by atoms with Crippen LogP contribution in [-0.4, -0.2) is 33.7 Å². The number of carbonyl (C=O) groups is 2. The molecule has 1 heterocycles. The summed E-state index contributed by atoms with van der Waals surface area (Å²) in [5.74, 6) is 0.818. The van der Waals surface area contributed by atoms with Crippen LogP contribution in [0.15, 0.2) is 54.6 Å². The summed E-state index contributed by atoms with van der Waals surface area (Å²) in [6, 6.07) is 16.9. The zero-order valence-corrected chi connectivity index (χ0v) is 18.4. The van der Waals surface area contributed by atoms with E-state index in [0.29, 0.717) is 24.7 Å². The van der Waals surface area contributed by atoms with Gasteiger partial charge in [-0.05, 0) is 35.6 Å².